The first-order chi connectivity index (χ1) is 21.5. The summed E-state index contributed by atoms with van der Waals surface area (Å²) >= 11 is 0. The second-order valence-electron chi connectivity index (χ2n) is 10.6. The number of nitrogens with one attached hydrogen (secondary N) is 2. The molecular weight excluding hydrogens is 592 g/mol. The fourth-order valence-corrected chi connectivity index (χ4v) is 6.28. The van der Waals surface area contributed by atoms with Gasteiger partial charge in [0.05, 0.1) is 22.2 Å². The SMILES string of the molecule is Cc1cc(S(=O)(=O)Nc2cccc(-c3c(N)ncnc3NC(C)c3nn4ccc(C)c4c(=O)n3-c3ccccc3)c2)ccc1O. The number of aromatic hydroxyl groups is 1. The Hall–Kier alpha value is -5.69. The number of nitrogens with zero attached hydrogens (tertiary/aromatic N) is 5. The first kappa shape index (κ1) is 29.4. The topological polar surface area (TPSA) is 170 Å². The maximum absolute atomic E-state index is 13.8. The van der Waals surface area contributed by atoms with Crippen molar-refractivity contribution in [3.05, 3.63) is 119 Å². The number of nitrogens with two attached hydrogens (primary N) is 1. The van der Waals surface area contributed by atoms with Gasteiger partial charge in [-0.3, -0.25) is 14.1 Å². The molecule has 0 radical (unpaired) electrons. The number of hydrogen-bond donors (Lipinski definition) is 4. The zero-order chi connectivity index (χ0) is 31.9. The van der Waals surface area contributed by atoms with E-state index in [0.717, 1.165) is 5.56 Å². The smallest absolute Gasteiger partial charge is 0.282 e. The van der Waals surface area contributed by atoms with Crippen molar-refractivity contribution in [2.75, 3.05) is 15.8 Å². The summed E-state index contributed by atoms with van der Waals surface area (Å²) < 4.78 is 32.0. The summed E-state index contributed by atoms with van der Waals surface area (Å²) in [6, 6.07) is 21.3. The summed E-state index contributed by atoms with van der Waals surface area (Å²) in [6.07, 6.45) is 3.07. The van der Waals surface area contributed by atoms with Gasteiger partial charge in [0.25, 0.3) is 15.6 Å². The molecule has 0 spiro atoms. The molecule has 1 atom stereocenters. The number of fused-ring (bicyclic) bond motifs is 1. The van der Waals surface area contributed by atoms with Crippen LogP contribution in [-0.4, -0.2) is 37.7 Å². The van der Waals surface area contributed by atoms with Crippen molar-refractivity contribution in [1.82, 2.24) is 24.1 Å². The predicted octanol–water partition coefficient (Wildman–Crippen LogP) is 4.82. The first-order valence-electron chi connectivity index (χ1n) is 14.0. The number of anilines is 3. The number of hydrogen-bond acceptors (Lipinski definition) is 9. The average Bonchev–Trinajstić information content (AvgIpc) is 3.39. The van der Waals surface area contributed by atoms with Gasteiger partial charge in [0, 0.05) is 11.9 Å². The average molecular weight is 623 g/mol. The van der Waals surface area contributed by atoms with Crippen molar-refractivity contribution in [1.29, 1.82) is 0 Å². The third-order valence-electron chi connectivity index (χ3n) is 7.43. The molecule has 5 N–H and O–H groups in total. The van der Waals surface area contributed by atoms with E-state index >= 15 is 0 Å². The van der Waals surface area contributed by atoms with E-state index in [-0.39, 0.29) is 27.7 Å². The van der Waals surface area contributed by atoms with Crippen molar-refractivity contribution in [2.24, 2.45) is 0 Å². The molecule has 6 rings (SSSR count). The van der Waals surface area contributed by atoms with Gasteiger partial charge in [-0.15, -0.1) is 0 Å². The Balaban J connectivity index is 1.38. The van der Waals surface area contributed by atoms with Crippen molar-refractivity contribution in [3.63, 3.8) is 0 Å². The van der Waals surface area contributed by atoms with E-state index in [1.54, 1.807) is 46.5 Å². The fraction of sp³-hybridized carbons (Fsp3) is 0.125. The largest absolute Gasteiger partial charge is 0.508 e. The van der Waals surface area contributed by atoms with Gasteiger partial charge in [-0.05, 0) is 86.0 Å². The quantitative estimate of drug-likeness (QED) is 0.186. The molecule has 0 saturated heterocycles. The standard InChI is InChI=1S/C32H30N8O4S/c1-19-14-15-39-28(19)32(42)40(24-10-5-4-6-11-24)31(37-39)21(3)36-30-27(29(33)34-18-35-30)22-8-7-9-23(17-22)38-45(43,44)25-12-13-26(41)20(2)16-25/h4-18,21,38,41H,1-3H3,(H3,33,34,35,36). The molecule has 0 bridgehead atoms. The van der Waals surface area contributed by atoms with Gasteiger partial charge in [0.2, 0.25) is 0 Å². The molecule has 0 aliphatic heterocycles. The molecule has 3 aromatic heterocycles. The number of para-hydroxylation sites is 1. The number of aromatic nitrogens is 5. The van der Waals surface area contributed by atoms with Crippen LogP contribution in [0.5, 0.6) is 5.75 Å². The summed E-state index contributed by atoms with van der Waals surface area (Å²) in [5.41, 5.74) is 9.81. The van der Waals surface area contributed by atoms with Gasteiger partial charge in [-0.1, -0.05) is 30.3 Å². The van der Waals surface area contributed by atoms with Gasteiger partial charge < -0.3 is 16.2 Å². The van der Waals surface area contributed by atoms with Crippen LogP contribution in [0.3, 0.4) is 0 Å². The number of sulfonamides is 1. The summed E-state index contributed by atoms with van der Waals surface area (Å²) in [4.78, 5) is 22.4. The summed E-state index contributed by atoms with van der Waals surface area (Å²) in [6.45, 7) is 5.34. The molecule has 0 amide bonds. The van der Waals surface area contributed by atoms with Crippen LogP contribution in [0.15, 0.2) is 101 Å². The van der Waals surface area contributed by atoms with Crippen LogP contribution in [0.25, 0.3) is 22.3 Å². The highest BCUT2D eigenvalue weighted by Gasteiger charge is 2.23. The third-order valence-corrected chi connectivity index (χ3v) is 8.81. The van der Waals surface area contributed by atoms with E-state index in [0.29, 0.717) is 39.5 Å². The highest BCUT2D eigenvalue weighted by Crippen LogP contribution is 2.34. The molecule has 1 unspecified atom stereocenters. The van der Waals surface area contributed by atoms with Crippen LogP contribution in [-0.2, 0) is 10.0 Å². The number of benzene rings is 3. The number of nitrogen functional groups attached to an aromatic ring is 1. The molecule has 0 aliphatic carbocycles. The number of phenols is 1. The number of rotatable bonds is 8. The maximum Gasteiger partial charge on any atom is 0.282 e. The molecule has 228 valence electrons. The van der Waals surface area contributed by atoms with E-state index in [1.165, 1.54) is 24.5 Å². The van der Waals surface area contributed by atoms with Crippen molar-refractivity contribution >= 4 is 32.9 Å². The zero-order valence-corrected chi connectivity index (χ0v) is 25.4. The summed E-state index contributed by atoms with van der Waals surface area (Å²) in [5.74, 6) is 0.966. The Labute approximate surface area is 258 Å². The first-order valence-corrected chi connectivity index (χ1v) is 15.5. The van der Waals surface area contributed by atoms with Gasteiger partial charge in [0.1, 0.15) is 29.2 Å². The molecule has 3 aromatic carbocycles. The van der Waals surface area contributed by atoms with E-state index in [9.17, 15) is 18.3 Å². The minimum absolute atomic E-state index is 0.00381. The van der Waals surface area contributed by atoms with Gasteiger partial charge in [-0.2, -0.15) is 5.10 Å². The van der Waals surface area contributed by atoms with Gasteiger partial charge in [0.15, 0.2) is 5.82 Å². The Kier molecular flexibility index (Phi) is 7.46. The predicted molar refractivity (Wildman–Crippen MR) is 173 cm³/mol. The minimum Gasteiger partial charge on any atom is -0.508 e. The second-order valence-corrected chi connectivity index (χ2v) is 12.3. The normalized spacial score (nSPS) is 12.2. The maximum atomic E-state index is 13.8. The highest BCUT2D eigenvalue weighted by atomic mass is 32.2. The van der Waals surface area contributed by atoms with E-state index in [4.69, 9.17) is 10.8 Å². The highest BCUT2D eigenvalue weighted by molar-refractivity contribution is 7.92. The lowest BCUT2D eigenvalue weighted by atomic mass is 10.1. The van der Waals surface area contributed by atoms with Gasteiger partial charge in [-0.25, -0.2) is 22.9 Å². The lowest BCUT2D eigenvalue weighted by molar-refractivity contribution is 0.470. The molecule has 12 nitrogen and oxygen atoms in total. The van der Waals surface area contributed by atoms with Crippen LogP contribution in [0.2, 0.25) is 0 Å². The molecule has 6 aromatic rings. The van der Waals surface area contributed by atoms with Crippen molar-refractivity contribution in [3.8, 4) is 22.6 Å². The molecule has 3 heterocycles. The lowest BCUT2D eigenvalue weighted by Gasteiger charge is -2.21. The van der Waals surface area contributed by atoms with Crippen LogP contribution >= 0.6 is 0 Å². The number of aryl methyl sites for hydroxylation is 2. The molecule has 45 heavy (non-hydrogen) atoms. The monoisotopic (exact) mass is 622 g/mol. The Bertz CT molecular complexity index is 2230. The fourth-order valence-electron chi connectivity index (χ4n) is 5.15. The minimum atomic E-state index is -3.96. The lowest BCUT2D eigenvalue weighted by Crippen LogP contribution is -2.29. The molecular formula is C32H30N8O4S. The van der Waals surface area contributed by atoms with E-state index in [1.807, 2.05) is 50.2 Å². The zero-order valence-electron chi connectivity index (χ0n) is 24.6. The van der Waals surface area contributed by atoms with Gasteiger partial charge >= 0.3 is 0 Å². The van der Waals surface area contributed by atoms with Crippen LogP contribution < -0.4 is 21.3 Å². The van der Waals surface area contributed by atoms with Crippen molar-refractivity contribution < 1.29 is 13.5 Å². The Morgan fingerprint density at radius 3 is 2.47 bits per heavy atom. The van der Waals surface area contributed by atoms with E-state index < -0.39 is 16.1 Å². The van der Waals surface area contributed by atoms with Crippen LogP contribution in [0.4, 0.5) is 17.3 Å². The third kappa shape index (κ3) is 5.56. The molecule has 0 fully saturated rings. The van der Waals surface area contributed by atoms with Crippen LogP contribution in [0, 0.1) is 13.8 Å². The molecule has 0 aliphatic rings. The summed E-state index contributed by atoms with van der Waals surface area (Å²) in [7, 11) is -3.96. The van der Waals surface area contributed by atoms with Crippen LogP contribution in [0.1, 0.15) is 29.9 Å². The Morgan fingerprint density at radius 2 is 1.71 bits per heavy atom. The van der Waals surface area contributed by atoms with E-state index in [2.05, 4.69) is 20.0 Å². The Morgan fingerprint density at radius 1 is 0.933 bits per heavy atom. The number of phenolic OH excluding ortho intramolecular Hbond substituents is 1. The molecule has 0 saturated carbocycles. The summed E-state index contributed by atoms with van der Waals surface area (Å²) in [5, 5.41) is 18.0. The van der Waals surface area contributed by atoms with Crippen molar-refractivity contribution in [2.45, 2.75) is 31.7 Å². The molecule has 13 heteroatoms. The second kappa shape index (κ2) is 11.4.